The fraction of sp³-hybridized carbons (Fsp3) is 0.222. The number of carbonyl (C=O) groups is 1. The van der Waals surface area contributed by atoms with Gasteiger partial charge in [-0.2, -0.15) is 25.3 Å². The van der Waals surface area contributed by atoms with Crippen LogP contribution in [0.2, 0.25) is 0 Å². The van der Waals surface area contributed by atoms with Gasteiger partial charge in [0.1, 0.15) is 0 Å². The smallest absolute Gasteiger partial charge is 0.276 e. The molecule has 1 amide bonds. The maximum atomic E-state index is 12.3. The average Bonchev–Trinajstić information content (AvgIpc) is 3.08. The van der Waals surface area contributed by atoms with E-state index >= 15 is 0 Å². The van der Waals surface area contributed by atoms with Crippen LogP contribution in [0.1, 0.15) is 15.9 Å². The normalized spacial score (nSPS) is 18.7. The zero-order chi connectivity index (χ0) is 18.6. The molecular formula is C18H19N3O3S2. The lowest BCUT2D eigenvalue weighted by atomic mass is 10.1. The Kier molecular flexibility index (Phi) is 5.63. The molecule has 1 fully saturated rings. The van der Waals surface area contributed by atoms with Gasteiger partial charge in [0.2, 0.25) is 0 Å². The first-order valence-corrected chi connectivity index (χ1v) is 10.7. The van der Waals surface area contributed by atoms with Crippen molar-refractivity contribution in [3.63, 3.8) is 0 Å². The zero-order valence-electron chi connectivity index (χ0n) is 14.2. The van der Waals surface area contributed by atoms with Crippen molar-refractivity contribution in [1.82, 2.24) is 10.1 Å². The first-order valence-electron chi connectivity index (χ1n) is 8.04. The van der Waals surface area contributed by atoms with E-state index in [4.69, 9.17) is 0 Å². The van der Waals surface area contributed by atoms with Crippen molar-refractivity contribution in [3.8, 4) is 0 Å². The number of sulfonamides is 1. The standard InChI is InChI=1S/C18H19N3O3S2/c1-13-7-9-15(10-8-13)26(23,24)21-20-17-12-25-11-16(17)19-18(22)14-5-3-2-4-6-14/h2-10,16,21H,11-12H2,1H3,(H,19,22)/b20-17+/t16-/m0/s1. The van der Waals surface area contributed by atoms with E-state index in [2.05, 4.69) is 15.2 Å². The number of rotatable bonds is 5. The lowest BCUT2D eigenvalue weighted by molar-refractivity contribution is 0.0950. The van der Waals surface area contributed by atoms with Gasteiger partial charge in [0.25, 0.3) is 15.9 Å². The van der Waals surface area contributed by atoms with Crippen LogP contribution >= 0.6 is 11.8 Å². The molecule has 0 radical (unpaired) electrons. The van der Waals surface area contributed by atoms with E-state index < -0.39 is 10.0 Å². The van der Waals surface area contributed by atoms with Gasteiger partial charge >= 0.3 is 0 Å². The summed E-state index contributed by atoms with van der Waals surface area (Å²) in [6.45, 7) is 1.89. The molecule has 2 aromatic carbocycles. The van der Waals surface area contributed by atoms with E-state index in [1.165, 1.54) is 12.1 Å². The Balaban J connectivity index is 1.69. The molecule has 6 nitrogen and oxygen atoms in total. The van der Waals surface area contributed by atoms with E-state index in [1.807, 2.05) is 13.0 Å². The predicted octanol–water partition coefficient (Wildman–Crippen LogP) is 2.17. The monoisotopic (exact) mass is 389 g/mol. The number of nitrogens with one attached hydrogen (secondary N) is 2. The van der Waals surface area contributed by atoms with Crippen molar-refractivity contribution in [3.05, 3.63) is 65.7 Å². The molecule has 8 heteroatoms. The first kappa shape index (κ1) is 18.5. The van der Waals surface area contributed by atoms with Gasteiger partial charge in [-0.15, -0.1) is 0 Å². The fourth-order valence-corrected chi connectivity index (χ4v) is 4.37. The molecule has 1 aliphatic rings. The zero-order valence-corrected chi connectivity index (χ0v) is 15.8. The van der Waals surface area contributed by atoms with Crippen molar-refractivity contribution in [2.45, 2.75) is 17.9 Å². The van der Waals surface area contributed by atoms with E-state index in [1.54, 1.807) is 48.2 Å². The predicted molar refractivity (Wildman–Crippen MR) is 104 cm³/mol. The lowest BCUT2D eigenvalue weighted by Crippen LogP contribution is -2.41. The number of nitrogens with zero attached hydrogens (tertiary/aromatic N) is 1. The van der Waals surface area contributed by atoms with Gasteiger partial charge in [-0.25, -0.2) is 4.83 Å². The van der Waals surface area contributed by atoms with Crippen molar-refractivity contribution in [2.75, 3.05) is 11.5 Å². The van der Waals surface area contributed by atoms with Crippen LogP contribution in [0.25, 0.3) is 0 Å². The second-order valence-corrected chi connectivity index (χ2v) is 8.61. The molecule has 2 N–H and O–H groups in total. The molecule has 136 valence electrons. The van der Waals surface area contributed by atoms with Gasteiger partial charge in [0, 0.05) is 17.1 Å². The number of thioether (sulfide) groups is 1. The Morgan fingerprint density at radius 2 is 1.81 bits per heavy atom. The highest BCUT2D eigenvalue weighted by Gasteiger charge is 2.26. The summed E-state index contributed by atoms with van der Waals surface area (Å²) < 4.78 is 24.7. The Bertz CT molecular complexity index is 910. The Morgan fingerprint density at radius 1 is 1.12 bits per heavy atom. The van der Waals surface area contributed by atoms with Gasteiger partial charge in [0.15, 0.2) is 0 Å². The van der Waals surface area contributed by atoms with Crippen LogP contribution in [0.5, 0.6) is 0 Å². The first-order chi connectivity index (χ1) is 12.5. The van der Waals surface area contributed by atoms with Crippen LogP contribution in [-0.4, -0.2) is 37.6 Å². The van der Waals surface area contributed by atoms with Crippen molar-refractivity contribution >= 4 is 33.4 Å². The number of hydrogen-bond donors (Lipinski definition) is 2. The Hall–Kier alpha value is -2.32. The summed E-state index contributed by atoms with van der Waals surface area (Å²) in [6, 6.07) is 15.1. The quantitative estimate of drug-likeness (QED) is 0.767. The highest BCUT2D eigenvalue weighted by molar-refractivity contribution is 8.00. The van der Waals surface area contributed by atoms with Crippen LogP contribution < -0.4 is 10.1 Å². The Labute approximate surface area is 157 Å². The average molecular weight is 390 g/mol. The molecule has 3 rings (SSSR count). The summed E-state index contributed by atoms with van der Waals surface area (Å²) in [7, 11) is -3.73. The topological polar surface area (TPSA) is 87.6 Å². The number of benzene rings is 2. The van der Waals surface area contributed by atoms with Crippen molar-refractivity contribution in [2.24, 2.45) is 5.10 Å². The molecule has 1 saturated heterocycles. The Morgan fingerprint density at radius 3 is 2.50 bits per heavy atom. The van der Waals surface area contributed by atoms with Crippen LogP contribution in [0.4, 0.5) is 0 Å². The molecule has 0 saturated carbocycles. The maximum Gasteiger partial charge on any atom is 0.276 e. The number of hydrazone groups is 1. The third-order valence-corrected chi connectivity index (χ3v) is 6.21. The highest BCUT2D eigenvalue weighted by atomic mass is 32.2. The summed E-state index contributed by atoms with van der Waals surface area (Å²) in [5, 5.41) is 6.97. The minimum Gasteiger partial charge on any atom is -0.343 e. The third-order valence-electron chi connectivity index (χ3n) is 3.92. The van der Waals surface area contributed by atoms with E-state index in [0.717, 1.165) is 5.56 Å². The minimum absolute atomic E-state index is 0.156. The van der Waals surface area contributed by atoms with Crippen molar-refractivity contribution in [1.29, 1.82) is 0 Å². The highest BCUT2D eigenvalue weighted by Crippen LogP contribution is 2.17. The number of aryl methyl sites for hydroxylation is 1. The lowest BCUT2D eigenvalue weighted by Gasteiger charge is -2.13. The summed E-state index contributed by atoms with van der Waals surface area (Å²) in [5.41, 5.74) is 2.14. The van der Waals surface area contributed by atoms with Gasteiger partial charge in [-0.1, -0.05) is 35.9 Å². The van der Waals surface area contributed by atoms with Gasteiger partial charge in [0.05, 0.1) is 16.6 Å². The second-order valence-electron chi connectivity index (χ2n) is 5.92. The number of hydrogen-bond acceptors (Lipinski definition) is 5. The SMILES string of the molecule is Cc1ccc(S(=O)(=O)N/N=C2\CSC[C@@H]2NC(=O)c2ccccc2)cc1. The molecule has 0 aromatic heterocycles. The molecule has 1 atom stereocenters. The second kappa shape index (κ2) is 7.92. The van der Waals surface area contributed by atoms with Crippen LogP contribution in [0, 0.1) is 6.92 Å². The largest absolute Gasteiger partial charge is 0.343 e. The summed E-state index contributed by atoms with van der Waals surface area (Å²) in [5.74, 6) is 1.02. The fourth-order valence-electron chi connectivity index (χ4n) is 2.43. The molecule has 1 heterocycles. The van der Waals surface area contributed by atoms with Gasteiger partial charge < -0.3 is 5.32 Å². The van der Waals surface area contributed by atoms with Crippen LogP contribution in [0.15, 0.2) is 64.6 Å². The molecule has 0 unspecified atom stereocenters. The van der Waals surface area contributed by atoms with E-state index in [0.29, 0.717) is 22.8 Å². The molecule has 26 heavy (non-hydrogen) atoms. The van der Waals surface area contributed by atoms with Crippen molar-refractivity contribution < 1.29 is 13.2 Å². The third kappa shape index (κ3) is 4.44. The molecular weight excluding hydrogens is 370 g/mol. The van der Waals surface area contributed by atoms with Crippen LogP contribution in [-0.2, 0) is 10.0 Å². The summed E-state index contributed by atoms with van der Waals surface area (Å²) in [6.07, 6.45) is 0. The summed E-state index contributed by atoms with van der Waals surface area (Å²) in [4.78, 5) is 14.7. The van der Waals surface area contributed by atoms with Crippen LogP contribution in [0.3, 0.4) is 0 Å². The molecule has 0 bridgehead atoms. The van der Waals surface area contributed by atoms with E-state index in [-0.39, 0.29) is 16.8 Å². The van der Waals surface area contributed by atoms with Gasteiger partial charge in [-0.05, 0) is 31.2 Å². The number of amides is 1. The van der Waals surface area contributed by atoms with Gasteiger partial charge in [-0.3, -0.25) is 4.79 Å². The molecule has 0 aliphatic carbocycles. The number of carbonyl (C=O) groups excluding carboxylic acids is 1. The maximum absolute atomic E-state index is 12.3. The molecule has 0 spiro atoms. The molecule has 1 aliphatic heterocycles. The minimum atomic E-state index is -3.73. The molecule has 2 aromatic rings. The summed E-state index contributed by atoms with van der Waals surface area (Å²) >= 11 is 1.60. The van der Waals surface area contributed by atoms with E-state index in [9.17, 15) is 13.2 Å².